The minimum atomic E-state index is 0.361. The maximum atomic E-state index is 12.9. The number of piperidine rings is 1. The maximum absolute atomic E-state index is 12.9. The molecule has 2 heterocycles. The molecule has 3 aliphatic rings. The van der Waals surface area contributed by atoms with Crippen LogP contribution in [0.15, 0.2) is 24.3 Å². The molecule has 0 radical (unpaired) electrons. The van der Waals surface area contributed by atoms with Gasteiger partial charge in [-0.05, 0) is 62.1 Å². The molecule has 4 heteroatoms. The summed E-state index contributed by atoms with van der Waals surface area (Å²) in [5.41, 5.74) is 1.20. The molecule has 3 fully saturated rings. The van der Waals surface area contributed by atoms with E-state index in [0.29, 0.717) is 30.0 Å². The second-order valence-corrected chi connectivity index (χ2v) is 7.78. The Morgan fingerprint density at radius 1 is 1.12 bits per heavy atom. The predicted molar refractivity (Wildman–Crippen MR) is 93.9 cm³/mol. The lowest BCUT2D eigenvalue weighted by Crippen LogP contribution is -2.40. The molecule has 4 nitrogen and oxygen atoms in total. The molecule has 130 valence electrons. The molecule has 2 saturated heterocycles. The van der Waals surface area contributed by atoms with E-state index in [2.05, 4.69) is 22.3 Å². The van der Waals surface area contributed by atoms with E-state index < -0.39 is 0 Å². The number of hydrogen-bond donors (Lipinski definition) is 1. The monoisotopic (exact) mass is 328 g/mol. The molecule has 24 heavy (non-hydrogen) atoms. The van der Waals surface area contributed by atoms with Gasteiger partial charge >= 0.3 is 0 Å². The summed E-state index contributed by atoms with van der Waals surface area (Å²) >= 11 is 0. The van der Waals surface area contributed by atoms with Crippen LogP contribution in [-0.4, -0.2) is 36.0 Å². The van der Waals surface area contributed by atoms with Crippen molar-refractivity contribution in [3.63, 3.8) is 0 Å². The number of hydrogen-bond acceptors (Lipinski definition) is 3. The van der Waals surface area contributed by atoms with Crippen LogP contribution >= 0.6 is 0 Å². The van der Waals surface area contributed by atoms with Crippen molar-refractivity contribution < 1.29 is 9.53 Å². The Hall–Kier alpha value is -1.55. The molecular weight excluding hydrogens is 300 g/mol. The van der Waals surface area contributed by atoms with E-state index in [0.717, 1.165) is 18.7 Å². The van der Waals surface area contributed by atoms with E-state index >= 15 is 0 Å². The summed E-state index contributed by atoms with van der Waals surface area (Å²) < 4.78 is 5.22. The largest absolute Gasteiger partial charge is 0.497 e. The van der Waals surface area contributed by atoms with Crippen LogP contribution in [0.2, 0.25) is 0 Å². The molecule has 1 aliphatic carbocycles. The van der Waals surface area contributed by atoms with Crippen molar-refractivity contribution in [3.8, 4) is 5.75 Å². The number of methoxy groups -OCH3 is 1. The lowest BCUT2D eigenvalue weighted by molar-refractivity contribution is -0.133. The summed E-state index contributed by atoms with van der Waals surface area (Å²) in [6, 6.07) is 9.91. The number of fused-ring (bicyclic) bond motifs is 2. The zero-order chi connectivity index (χ0) is 16.5. The predicted octanol–water partition coefficient (Wildman–Crippen LogP) is 3.11. The number of carbonyl (C=O) groups excluding carboxylic acids is 1. The number of ether oxygens (including phenoxy) is 1. The highest BCUT2D eigenvalue weighted by molar-refractivity contribution is 5.77. The van der Waals surface area contributed by atoms with Gasteiger partial charge in [-0.15, -0.1) is 0 Å². The second-order valence-electron chi connectivity index (χ2n) is 7.78. The van der Waals surface area contributed by atoms with Gasteiger partial charge in [0.1, 0.15) is 5.75 Å². The van der Waals surface area contributed by atoms with Crippen LogP contribution in [0.5, 0.6) is 5.75 Å². The minimum Gasteiger partial charge on any atom is -0.497 e. The third-order valence-corrected chi connectivity index (χ3v) is 5.85. The summed E-state index contributed by atoms with van der Waals surface area (Å²) in [6.07, 6.45) is 8.04. The molecule has 2 bridgehead atoms. The average molecular weight is 328 g/mol. The summed E-state index contributed by atoms with van der Waals surface area (Å²) in [5, 5.41) is 3.67. The maximum Gasteiger partial charge on any atom is 0.223 e. The van der Waals surface area contributed by atoms with Gasteiger partial charge in [0.25, 0.3) is 0 Å². The summed E-state index contributed by atoms with van der Waals surface area (Å²) in [4.78, 5) is 15.1. The van der Waals surface area contributed by atoms with Crippen molar-refractivity contribution in [2.75, 3.05) is 7.11 Å². The fraction of sp³-hybridized carbons (Fsp3) is 0.650. The van der Waals surface area contributed by atoms with E-state index in [1.54, 1.807) is 7.11 Å². The van der Waals surface area contributed by atoms with E-state index in [9.17, 15) is 4.79 Å². The molecule has 2 unspecified atom stereocenters. The normalized spacial score (nSPS) is 28.6. The van der Waals surface area contributed by atoms with Gasteiger partial charge in [0, 0.05) is 31.1 Å². The van der Waals surface area contributed by atoms with Crippen LogP contribution in [-0.2, 0) is 11.3 Å². The number of nitrogens with zero attached hydrogens (tertiary/aromatic N) is 1. The summed E-state index contributed by atoms with van der Waals surface area (Å²) in [6.45, 7) is 0.741. The van der Waals surface area contributed by atoms with Gasteiger partial charge in [0.05, 0.1) is 7.11 Å². The lowest BCUT2D eigenvalue weighted by atomic mass is 9.89. The average Bonchev–Trinajstić information content (AvgIpc) is 3.37. The van der Waals surface area contributed by atoms with Crippen molar-refractivity contribution in [3.05, 3.63) is 29.8 Å². The molecule has 1 amide bonds. The Morgan fingerprint density at radius 3 is 2.38 bits per heavy atom. The quantitative estimate of drug-likeness (QED) is 0.872. The Balaban J connectivity index is 1.38. The zero-order valence-electron chi connectivity index (χ0n) is 14.5. The standard InChI is InChI=1S/C20H28N2O2/c1-24-19-8-2-14(3-9-19)13-22(18-6-7-18)20(23)12-15-10-16-4-5-17(11-15)21-16/h2-3,8-9,15-18,21H,4-7,10-13H2,1H3. The first-order valence-electron chi connectivity index (χ1n) is 9.39. The first kappa shape index (κ1) is 15.9. The summed E-state index contributed by atoms with van der Waals surface area (Å²) in [5.74, 6) is 1.81. The first-order chi connectivity index (χ1) is 11.7. The van der Waals surface area contributed by atoms with Crippen LogP contribution < -0.4 is 10.1 Å². The molecule has 1 aromatic carbocycles. The van der Waals surface area contributed by atoms with Crippen molar-refractivity contribution in [2.24, 2.45) is 5.92 Å². The fourth-order valence-electron chi connectivity index (χ4n) is 4.44. The van der Waals surface area contributed by atoms with E-state index in [1.165, 1.54) is 44.1 Å². The molecule has 2 atom stereocenters. The fourth-order valence-corrected chi connectivity index (χ4v) is 4.44. The zero-order valence-corrected chi connectivity index (χ0v) is 14.5. The van der Waals surface area contributed by atoms with Crippen LogP contribution in [0.3, 0.4) is 0 Å². The molecule has 0 spiro atoms. The van der Waals surface area contributed by atoms with Crippen LogP contribution in [0.1, 0.15) is 50.5 Å². The first-order valence-corrected chi connectivity index (χ1v) is 9.39. The third kappa shape index (κ3) is 3.59. The Bertz CT molecular complexity index is 570. The number of amides is 1. The van der Waals surface area contributed by atoms with Crippen molar-refractivity contribution >= 4 is 5.91 Å². The van der Waals surface area contributed by atoms with E-state index in [-0.39, 0.29) is 0 Å². The second kappa shape index (κ2) is 6.75. The lowest BCUT2D eigenvalue weighted by Gasteiger charge is -2.31. The van der Waals surface area contributed by atoms with Crippen molar-refractivity contribution in [1.82, 2.24) is 10.2 Å². The van der Waals surface area contributed by atoms with Gasteiger partial charge in [-0.3, -0.25) is 4.79 Å². The molecule has 0 aromatic heterocycles. The van der Waals surface area contributed by atoms with E-state index in [1.807, 2.05) is 12.1 Å². The molecular formula is C20H28N2O2. The van der Waals surface area contributed by atoms with Crippen LogP contribution in [0.25, 0.3) is 0 Å². The van der Waals surface area contributed by atoms with Gasteiger partial charge in [0.2, 0.25) is 5.91 Å². The van der Waals surface area contributed by atoms with Crippen LogP contribution in [0.4, 0.5) is 0 Å². The third-order valence-electron chi connectivity index (χ3n) is 5.85. The topological polar surface area (TPSA) is 41.6 Å². The highest BCUT2D eigenvalue weighted by Crippen LogP contribution is 2.35. The number of benzene rings is 1. The van der Waals surface area contributed by atoms with Gasteiger partial charge in [-0.2, -0.15) is 0 Å². The van der Waals surface area contributed by atoms with Gasteiger partial charge in [-0.1, -0.05) is 12.1 Å². The Labute approximate surface area is 144 Å². The van der Waals surface area contributed by atoms with Gasteiger partial charge < -0.3 is 15.0 Å². The van der Waals surface area contributed by atoms with Gasteiger partial charge in [-0.25, -0.2) is 0 Å². The number of rotatable bonds is 6. The highest BCUT2D eigenvalue weighted by Gasteiger charge is 2.37. The molecule has 1 aromatic rings. The summed E-state index contributed by atoms with van der Waals surface area (Å²) in [7, 11) is 1.68. The smallest absolute Gasteiger partial charge is 0.223 e. The van der Waals surface area contributed by atoms with E-state index in [4.69, 9.17) is 4.74 Å². The minimum absolute atomic E-state index is 0.361. The highest BCUT2D eigenvalue weighted by atomic mass is 16.5. The molecule has 1 N–H and O–H groups in total. The van der Waals surface area contributed by atoms with Crippen molar-refractivity contribution in [2.45, 2.75) is 69.6 Å². The number of carbonyl (C=O) groups is 1. The Morgan fingerprint density at radius 2 is 1.79 bits per heavy atom. The Kier molecular flexibility index (Phi) is 4.49. The molecule has 4 rings (SSSR count). The molecule has 1 saturated carbocycles. The SMILES string of the molecule is COc1ccc(CN(C(=O)CC2CC3CCC(C2)N3)C2CC2)cc1. The van der Waals surface area contributed by atoms with Crippen molar-refractivity contribution in [1.29, 1.82) is 0 Å². The van der Waals surface area contributed by atoms with Gasteiger partial charge in [0.15, 0.2) is 0 Å². The van der Waals surface area contributed by atoms with Crippen LogP contribution in [0, 0.1) is 5.92 Å². The number of nitrogens with one attached hydrogen (secondary N) is 1. The molecule has 2 aliphatic heterocycles.